The van der Waals surface area contributed by atoms with E-state index in [2.05, 4.69) is 17.5 Å². The highest BCUT2D eigenvalue weighted by Crippen LogP contribution is 2.32. The van der Waals surface area contributed by atoms with Crippen molar-refractivity contribution in [2.75, 3.05) is 11.9 Å². The van der Waals surface area contributed by atoms with Gasteiger partial charge < -0.3 is 10.4 Å². The molecule has 0 fully saturated rings. The summed E-state index contributed by atoms with van der Waals surface area (Å²) >= 11 is 0. The fourth-order valence-corrected chi connectivity index (χ4v) is 2.35. The van der Waals surface area contributed by atoms with E-state index in [1.165, 1.54) is 6.07 Å². The summed E-state index contributed by atoms with van der Waals surface area (Å²) in [7, 11) is 0. The van der Waals surface area contributed by atoms with Gasteiger partial charge in [0.2, 0.25) is 0 Å². The van der Waals surface area contributed by atoms with Crippen molar-refractivity contribution in [2.45, 2.75) is 25.4 Å². The molecular formula is C15H16F3NO2. The van der Waals surface area contributed by atoms with Crippen LogP contribution in [-0.2, 0) is 6.18 Å². The van der Waals surface area contributed by atoms with Crippen LogP contribution < -0.4 is 5.32 Å². The van der Waals surface area contributed by atoms with Crippen molar-refractivity contribution >= 4 is 11.7 Å². The largest absolute Gasteiger partial charge is 0.478 e. The number of alkyl halides is 3. The van der Waals surface area contributed by atoms with Gasteiger partial charge in [-0.2, -0.15) is 13.2 Å². The molecule has 0 radical (unpaired) electrons. The lowest BCUT2D eigenvalue weighted by Gasteiger charge is -2.20. The van der Waals surface area contributed by atoms with E-state index in [1.54, 1.807) is 0 Å². The summed E-state index contributed by atoms with van der Waals surface area (Å²) in [5, 5.41) is 12.0. The van der Waals surface area contributed by atoms with E-state index in [0.717, 1.165) is 25.3 Å². The number of nitrogens with one attached hydrogen (secondary N) is 1. The van der Waals surface area contributed by atoms with Crippen molar-refractivity contribution in [3.8, 4) is 0 Å². The van der Waals surface area contributed by atoms with Gasteiger partial charge in [0.05, 0.1) is 11.1 Å². The van der Waals surface area contributed by atoms with E-state index >= 15 is 0 Å². The van der Waals surface area contributed by atoms with E-state index in [0.29, 0.717) is 18.5 Å². The molecule has 6 heteroatoms. The number of rotatable bonds is 4. The maximum absolute atomic E-state index is 12.6. The lowest BCUT2D eigenvalue weighted by molar-refractivity contribution is -0.137. The normalized spacial score (nSPS) is 18.5. The Balaban J connectivity index is 2.14. The van der Waals surface area contributed by atoms with Gasteiger partial charge in [-0.1, -0.05) is 12.2 Å². The van der Waals surface area contributed by atoms with Crippen LogP contribution in [0.25, 0.3) is 0 Å². The van der Waals surface area contributed by atoms with Gasteiger partial charge in [-0.05, 0) is 43.4 Å². The molecule has 0 spiro atoms. The number of anilines is 1. The fraction of sp³-hybridized carbons (Fsp3) is 0.400. The first kappa shape index (κ1) is 15.4. The highest BCUT2D eigenvalue weighted by molar-refractivity contribution is 5.94. The first-order chi connectivity index (χ1) is 9.88. The van der Waals surface area contributed by atoms with Crippen LogP contribution >= 0.6 is 0 Å². The molecule has 0 heterocycles. The van der Waals surface area contributed by atoms with Gasteiger partial charge in [-0.15, -0.1) is 0 Å². The summed E-state index contributed by atoms with van der Waals surface area (Å²) in [4.78, 5) is 11.1. The number of carbonyl (C=O) groups is 1. The van der Waals surface area contributed by atoms with Crippen LogP contribution in [0.1, 0.15) is 35.2 Å². The molecule has 0 amide bonds. The third-order valence-corrected chi connectivity index (χ3v) is 3.54. The molecule has 0 bridgehead atoms. The Hall–Kier alpha value is -1.98. The Labute approximate surface area is 120 Å². The lowest BCUT2D eigenvalue weighted by atomic mass is 9.94. The molecular weight excluding hydrogens is 283 g/mol. The predicted molar refractivity (Wildman–Crippen MR) is 73.4 cm³/mol. The zero-order valence-electron chi connectivity index (χ0n) is 11.3. The molecule has 3 nitrogen and oxygen atoms in total. The Morgan fingerprint density at radius 2 is 2.10 bits per heavy atom. The maximum atomic E-state index is 12.6. The van der Waals surface area contributed by atoms with Crippen LogP contribution in [0.5, 0.6) is 0 Å². The topological polar surface area (TPSA) is 49.3 Å². The van der Waals surface area contributed by atoms with Gasteiger partial charge >= 0.3 is 12.1 Å². The molecule has 2 rings (SSSR count). The smallest absolute Gasteiger partial charge is 0.416 e. The van der Waals surface area contributed by atoms with Gasteiger partial charge in [0, 0.05) is 12.2 Å². The molecule has 1 unspecified atom stereocenters. The third-order valence-electron chi connectivity index (χ3n) is 3.54. The Kier molecular flexibility index (Phi) is 4.55. The molecule has 2 N–H and O–H groups in total. The number of hydrogen-bond donors (Lipinski definition) is 2. The zero-order valence-corrected chi connectivity index (χ0v) is 11.3. The van der Waals surface area contributed by atoms with Crippen molar-refractivity contribution in [1.82, 2.24) is 0 Å². The van der Waals surface area contributed by atoms with E-state index in [-0.39, 0.29) is 11.3 Å². The van der Waals surface area contributed by atoms with Gasteiger partial charge in [0.15, 0.2) is 0 Å². The molecule has 0 saturated heterocycles. The number of allylic oxidation sites excluding steroid dienone is 2. The summed E-state index contributed by atoms with van der Waals surface area (Å²) in [6, 6.07) is 2.76. The van der Waals surface area contributed by atoms with Crippen LogP contribution in [0.2, 0.25) is 0 Å². The minimum atomic E-state index is -4.54. The molecule has 1 atom stereocenters. The van der Waals surface area contributed by atoms with Crippen molar-refractivity contribution < 1.29 is 23.1 Å². The number of halogens is 3. The van der Waals surface area contributed by atoms with Gasteiger partial charge in [0.25, 0.3) is 0 Å². The van der Waals surface area contributed by atoms with Crippen molar-refractivity contribution in [3.05, 3.63) is 41.5 Å². The van der Waals surface area contributed by atoms with E-state index in [1.807, 2.05) is 0 Å². The summed E-state index contributed by atoms with van der Waals surface area (Å²) < 4.78 is 37.9. The highest BCUT2D eigenvalue weighted by atomic mass is 19.4. The molecule has 1 aromatic carbocycles. The second-order valence-electron chi connectivity index (χ2n) is 5.09. The average molecular weight is 299 g/mol. The quantitative estimate of drug-likeness (QED) is 0.820. The summed E-state index contributed by atoms with van der Waals surface area (Å²) in [5.74, 6) is -0.994. The minimum absolute atomic E-state index is 0.227. The Morgan fingerprint density at radius 3 is 2.67 bits per heavy atom. The molecule has 21 heavy (non-hydrogen) atoms. The van der Waals surface area contributed by atoms with Crippen LogP contribution in [0.4, 0.5) is 18.9 Å². The van der Waals surface area contributed by atoms with Crippen LogP contribution in [0.3, 0.4) is 0 Å². The summed E-state index contributed by atoms with van der Waals surface area (Å²) in [6.07, 6.45) is 2.49. The number of benzene rings is 1. The lowest BCUT2D eigenvalue weighted by Crippen LogP contribution is -2.17. The van der Waals surface area contributed by atoms with Crippen molar-refractivity contribution in [2.24, 2.45) is 5.92 Å². The average Bonchev–Trinajstić information content (AvgIpc) is 2.45. The summed E-state index contributed by atoms with van der Waals surface area (Å²) in [6.45, 7) is 0.552. The Morgan fingerprint density at radius 1 is 1.33 bits per heavy atom. The summed E-state index contributed by atoms with van der Waals surface area (Å²) in [5.41, 5.74) is -1.08. The molecule has 0 saturated carbocycles. The number of hydrogen-bond acceptors (Lipinski definition) is 2. The molecule has 114 valence electrons. The molecule has 1 aliphatic carbocycles. The highest BCUT2D eigenvalue weighted by Gasteiger charge is 2.31. The number of aromatic carboxylic acids is 1. The van der Waals surface area contributed by atoms with E-state index in [4.69, 9.17) is 5.11 Å². The maximum Gasteiger partial charge on any atom is 0.416 e. The first-order valence-electron chi connectivity index (χ1n) is 6.71. The molecule has 1 aliphatic rings. The minimum Gasteiger partial charge on any atom is -0.478 e. The third kappa shape index (κ3) is 4.00. The molecule has 1 aromatic rings. The standard InChI is InChI=1S/C15H16F3NO2/c16-15(17,18)11-6-7-13(12(8-11)14(20)21)19-9-10-4-2-1-3-5-10/h1-2,6-8,10,19H,3-5,9H2,(H,20,21). The van der Waals surface area contributed by atoms with Gasteiger partial charge in [-0.25, -0.2) is 4.79 Å². The van der Waals surface area contributed by atoms with E-state index < -0.39 is 17.7 Å². The predicted octanol–water partition coefficient (Wildman–Crippen LogP) is 4.17. The fourth-order valence-electron chi connectivity index (χ4n) is 2.35. The van der Waals surface area contributed by atoms with Crippen LogP contribution in [0.15, 0.2) is 30.4 Å². The van der Waals surface area contributed by atoms with Gasteiger partial charge in [-0.3, -0.25) is 0 Å². The van der Waals surface area contributed by atoms with Crippen molar-refractivity contribution in [3.63, 3.8) is 0 Å². The zero-order chi connectivity index (χ0) is 15.5. The van der Waals surface area contributed by atoms with Crippen LogP contribution in [-0.4, -0.2) is 17.6 Å². The molecule has 0 aromatic heterocycles. The SMILES string of the molecule is O=C(O)c1cc(C(F)(F)F)ccc1NCC1CC=CCC1. The monoisotopic (exact) mass is 299 g/mol. The first-order valence-corrected chi connectivity index (χ1v) is 6.71. The van der Waals surface area contributed by atoms with Gasteiger partial charge in [0.1, 0.15) is 0 Å². The van der Waals surface area contributed by atoms with Crippen LogP contribution in [0, 0.1) is 5.92 Å². The molecule has 0 aliphatic heterocycles. The number of carboxylic acid groups (broad SMARTS) is 1. The van der Waals surface area contributed by atoms with E-state index in [9.17, 15) is 18.0 Å². The number of carboxylic acids is 1. The van der Waals surface area contributed by atoms with Crippen molar-refractivity contribution in [1.29, 1.82) is 0 Å². The Bertz CT molecular complexity index is 552. The second kappa shape index (κ2) is 6.20. The second-order valence-corrected chi connectivity index (χ2v) is 5.09.